The molecular formula is C23H21N3O. The van der Waals surface area contributed by atoms with Crippen molar-refractivity contribution < 1.29 is 4.79 Å². The number of amidine groups is 1. The molecule has 4 heteroatoms. The largest absolute Gasteiger partial charge is 0.342 e. The first-order chi connectivity index (χ1) is 13.3. The quantitative estimate of drug-likeness (QED) is 0.896. The van der Waals surface area contributed by atoms with Gasteiger partial charge >= 0.3 is 0 Å². The number of nitrogens with zero attached hydrogens (tertiary/aromatic N) is 2. The van der Waals surface area contributed by atoms with Gasteiger partial charge in [0.2, 0.25) is 0 Å². The minimum Gasteiger partial charge on any atom is -0.342 e. The molecule has 0 atom stereocenters. The Morgan fingerprint density at radius 2 is 1.93 bits per heavy atom. The number of aliphatic imine (C=N–C) groups is 1. The molecule has 4 nitrogen and oxygen atoms in total. The fourth-order valence-electron chi connectivity index (χ4n) is 4.05. The molecule has 0 bridgehead atoms. The van der Waals surface area contributed by atoms with E-state index in [2.05, 4.69) is 46.6 Å². The van der Waals surface area contributed by atoms with Crippen molar-refractivity contribution in [3.8, 4) is 0 Å². The number of hydrogen-bond acceptors (Lipinski definition) is 4. The first-order valence-electron chi connectivity index (χ1n) is 9.46. The topological polar surface area (TPSA) is 44.7 Å². The average molecular weight is 355 g/mol. The zero-order valence-corrected chi connectivity index (χ0v) is 15.1. The van der Waals surface area contributed by atoms with Crippen LogP contribution in [0.2, 0.25) is 0 Å². The number of hydrogen-bond donors (Lipinski definition) is 1. The van der Waals surface area contributed by atoms with Gasteiger partial charge in [0, 0.05) is 36.3 Å². The number of anilines is 1. The molecule has 0 radical (unpaired) electrons. The molecule has 2 aliphatic heterocycles. The van der Waals surface area contributed by atoms with E-state index < -0.39 is 0 Å². The molecule has 1 N–H and O–H groups in total. The second-order valence-electron chi connectivity index (χ2n) is 7.21. The van der Waals surface area contributed by atoms with E-state index in [4.69, 9.17) is 4.99 Å². The number of allylic oxidation sites excluding steroid dienone is 1. The molecule has 0 spiro atoms. The number of Topliss-reactive ketones (excluding diaryl/α,β-unsaturated/α-hetero) is 1. The number of rotatable bonds is 3. The van der Waals surface area contributed by atoms with Crippen molar-refractivity contribution in [2.24, 2.45) is 4.99 Å². The number of benzene rings is 2. The summed E-state index contributed by atoms with van der Waals surface area (Å²) in [4.78, 5) is 19.3. The molecule has 0 amide bonds. The van der Waals surface area contributed by atoms with Crippen molar-refractivity contribution in [1.82, 2.24) is 4.90 Å². The molecule has 5 rings (SSSR count). The molecule has 0 saturated heterocycles. The molecule has 3 aliphatic rings. The average Bonchev–Trinajstić information content (AvgIpc) is 2.72. The number of nitrogens with one attached hydrogen (secondary N) is 1. The van der Waals surface area contributed by atoms with Crippen molar-refractivity contribution in [1.29, 1.82) is 0 Å². The van der Waals surface area contributed by atoms with E-state index in [0.29, 0.717) is 6.42 Å². The van der Waals surface area contributed by atoms with Crippen LogP contribution in [-0.2, 0) is 0 Å². The molecule has 0 unspecified atom stereocenters. The van der Waals surface area contributed by atoms with Crippen LogP contribution in [0.1, 0.15) is 34.3 Å². The van der Waals surface area contributed by atoms with E-state index >= 15 is 0 Å². The van der Waals surface area contributed by atoms with Gasteiger partial charge in [-0.2, -0.15) is 0 Å². The highest BCUT2D eigenvalue weighted by atomic mass is 16.1. The van der Waals surface area contributed by atoms with Crippen LogP contribution in [0.5, 0.6) is 0 Å². The molecule has 2 aromatic rings. The third-order valence-corrected chi connectivity index (χ3v) is 5.45. The van der Waals surface area contributed by atoms with Crippen LogP contribution in [0.3, 0.4) is 0 Å². The highest BCUT2D eigenvalue weighted by Gasteiger charge is 2.26. The summed E-state index contributed by atoms with van der Waals surface area (Å²) in [5, 5.41) is 3.44. The van der Waals surface area contributed by atoms with Gasteiger partial charge in [0.05, 0.1) is 12.2 Å². The van der Waals surface area contributed by atoms with Crippen molar-refractivity contribution in [3.05, 3.63) is 77.4 Å². The lowest BCUT2D eigenvalue weighted by Gasteiger charge is -2.30. The van der Waals surface area contributed by atoms with Gasteiger partial charge in [0.15, 0.2) is 5.78 Å². The summed E-state index contributed by atoms with van der Waals surface area (Å²) in [5.41, 5.74) is 6.43. The maximum Gasteiger partial charge on any atom is 0.167 e. The Morgan fingerprint density at radius 1 is 1.04 bits per heavy atom. The highest BCUT2D eigenvalue weighted by Crippen LogP contribution is 2.36. The predicted molar refractivity (Wildman–Crippen MR) is 110 cm³/mol. The minimum atomic E-state index is 0.172. The summed E-state index contributed by atoms with van der Waals surface area (Å²) >= 11 is 0. The Labute approximate surface area is 158 Å². The van der Waals surface area contributed by atoms with Crippen LogP contribution in [0.15, 0.2) is 65.7 Å². The van der Waals surface area contributed by atoms with Crippen molar-refractivity contribution in [3.63, 3.8) is 0 Å². The molecule has 0 saturated carbocycles. The van der Waals surface area contributed by atoms with Gasteiger partial charge in [-0.3, -0.25) is 9.69 Å². The Hall–Kier alpha value is -2.98. The second-order valence-corrected chi connectivity index (χ2v) is 7.21. The monoisotopic (exact) mass is 355 g/mol. The van der Waals surface area contributed by atoms with Crippen molar-refractivity contribution in [2.45, 2.75) is 12.8 Å². The molecule has 2 heterocycles. The first kappa shape index (κ1) is 16.2. The SMILES string of the molecule is O=C1CC=C2N=C(CN3CC=C(c4ccccc4)CC3)Nc3cccc1c32. The Kier molecular flexibility index (Phi) is 3.98. The van der Waals surface area contributed by atoms with Crippen LogP contribution in [-0.4, -0.2) is 36.2 Å². The standard InChI is InChI=1S/C23H21N3O/c27-21-10-9-20-23-18(21)7-4-8-19(23)24-22(25-20)15-26-13-11-17(12-14-26)16-5-2-1-3-6-16/h1-9,11H,10,12-15H2,(H,24,25). The minimum absolute atomic E-state index is 0.172. The zero-order chi connectivity index (χ0) is 18.2. The van der Waals surface area contributed by atoms with Crippen LogP contribution >= 0.6 is 0 Å². The molecule has 134 valence electrons. The van der Waals surface area contributed by atoms with Crippen molar-refractivity contribution >= 4 is 28.6 Å². The smallest absolute Gasteiger partial charge is 0.167 e. The third-order valence-electron chi connectivity index (χ3n) is 5.45. The number of carbonyl (C=O) groups is 1. The van der Waals surface area contributed by atoms with E-state index in [1.54, 1.807) is 0 Å². The normalized spacial score (nSPS) is 18.8. The van der Waals surface area contributed by atoms with Gasteiger partial charge in [-0.15, -0.1) is 0 Å². The lowest BCUT2D eigenvalue weighted by molar-refractivity contribution is 0.0994. The van der Waals surface area contributed by atoms with Crippen LogP contribution < -0.4 is 5.32 Å². The highest BCUT2D eigenvalue weighted by molar-refractivity contribution is 6.13. The first-order valence-corrected chi connectivity index (χ1v) is 9.46. The van der Waals surface area contributed by atoms with Crippen LogP contribution in [0, 0.1) is 0 Å². The number of ketones is 1. The van der Waals surface area contributed by atoms with Crippen molar-refractivity contribution in [2.75, 3.05) is 25.0 Å². The molecule has 27 heavy (non-hydrogen) atoms. The third kappa shape index (κ3) is 3.02. The fraction of sp³-hybridized carbons (Fsp3) is 0.217. The zero-order valence-electron chi connectivity index (χ0n) is 15.1. The van der Waals surface area contributed by atoms with Gasteiger partial charge in [0.25, 0.3) is 0 Å². The van der Waals surface area contributed by atoms with E-state index in [1.165, 1.54) is 11.1 Å². The van der Waals surface area contributed by atoms with Crippen LogP contribution in [0.4, 0.5) is 5.69 Å². The molecule has 0 aromatic heterocycles. The Balaban J connectivity index is 1.33. The van der Waals surface area contributed by atoms with E-state index in [1.807, 2.05) is 24.3 Å². The second kappa shape index (κ2) is 6.63. The predicted octanol–water partition coefficient (Wildman–Crippen LogP) is 4.23. The maximum absolute atomic E-state index is 12.1. The van der Waals surface area contributed by atoms with E-state index in [-0.39, 0.29) is 5.78 Å². The summed E-state index contributed by atoms with van der Waals surface area (Å²) in [7, 11) is 0. The summed E-state index contributed by atoms with van der Waals surface area (Å²) in [6, 6.07) is 16.5. The van der Waals surface area contributed by atoms with Gasteiger partial charge in [0.1, 0.15) is 5.84 Å². The van der Waals surface area contributed by atoms with Gasteiger partial charge in [-0.25, -0.2) is 4.99 Å². The molecule has 0 fully saturated rings. The number of carbonyl (C=O) groups excluding carboxylic acids is 1. The Bertz CT molecular complexity index is 1000. The van der Waals surface area contributed by atoms with Gasteiger partial charge in [-0.05, 0) is 23.6 Å². The summed E-state index contributed by atoms with van der Waals surface area (Å²) in [6.45, 7) is 2.73. The fourth-order valence-corrected chi connectivity index (χ4v) is 4.05. The van der Waals surface area contributed by atoms with E-state index in [9.17, 15) is 4.79 Å². The summed E-state index contributed by atoms with van der Waals surface area (Å²) in [6.07, 6.45) is 5.77. The molecular weight excluding hydrogens is 334 g/mol. The van der Waals surface area contributed by atoms with Gasteiger partial charge < -0.3 is 5.32 Å². The lowest BCUT2D eigenvalue weighted by Crippen LogP contribution is -2.37. The van der Waals surface area contributed by atoms with Crippen LogP contribution in [0.25, 0.3) is 11.3 Å². The van der Waals surface area contributed by atoms with Gasteiger partial charge in [-0.1, -0.05) is 54.6 Å². The maximum atomic E-state index is 12.1. The molecule has 2 aromatic carbocycles. The Morgan fingerprint density at radius 3 is 2.74 bits per heavy atom. The van der Waals surface area contributed by atoms with E-state index in [0.717, 1.165) is 54.4 Å². The summed E-state index contributed by atoms with van der Waals surface area (Å²) < 4.78 is 0. The lowest BCUT2D eigenvalue weighted by atomic mass is 9.91. The summed E-state index contributed by atoms with van der Waals surface area (Å²) in [5.74, 6) is 1.13. The molecule has 1 aliphatic carbocycles.